The molecule has 0 saturated heterocycles. The molecule has 1 amide bonds. The third-order valence-electron chi connectivity index (χ3n) is 4.51. The van der Waals surface area contributed by atoms with E-state index >= 15 is 0 Å². The standard InChI is InChI=1S/C24H19N3O/c28-24(23-8-4-5-15-26-23)27(18-19-13-16-25-17-14-19)22-11-9-21(10-12-22)20-6-2-1-3-7-20/h1-17H,18H2. The summed E-state index contributed by atoms with van der Waals surface area (Å²) >= 11 is 0. The fraction of sp³-hybridized carbons (Fsp3) is 0.0417. The van der Waals surface area contributed by atoms with Gasteiger partial charge in [0, 0.05) is 24.3 Å². The van der Waals surface area contributed by atoms with E-state index in [0.717, 1.165) is 22.4 Å². The molecule has 0 aliphatic rings. The molecule has 2 aromatic carbocycles. The summed E-state index contributed by atoms with van der Waals surface area (Å²) in [6, 6.07) is 27.4. The zero-order valence-corrected chi connectivity index (χ0v) is 15.3. The number of rotatable bonds is 5. The second-order valence-electron chi connectivity index (χ2n) is 6.37. The van der Waals surface area contributed by atoms with Crippen molar-refractivity contribution in [2.24, 2.45) is 0 Å². The normalized spacial score (nSPS) is 10.4. The Hall–Kier alpha value is -3.79. The van der Waals surface area contributed by atoms with Gasteiger partial charge in [-0.3, -0.25) is 14.8 Å². The Bertz CT molecular complexity index is 1030. The maximum Gasteiger partial charge on any atom is 0.277 e. The minimum atomic E-state index is -0.134. The van der Waals surface area contributed by atoms with Crippen LogP contribution in [0.25, 0.3) is 11.1 Å². The first kappa shape index (κ1) is 17.6. The minimum absolute atomic E-state index is 0.134. The van der Waals surface area contributed by atoms with E-state index in [9.17, 15) is 4.79 Å². The number of hydrogen-bond donors (Lipinski definition) is 0. The second-order valence-corrected chi connectivity index (χ2v) is 6.37. The van der Waals surface area contributed by atoms with Crippen LogP contribution in [0.3, 0.4) is 0 Å². The van der Waals surface area contributed by atoms with Crippen LogP contribution in [-0.4, -0.2) is 15.9 Å². The highest BCUT2D eigenvalue weighted by Crippen LogP contribution is 2.25. The number of hydrogen-bond acceptors (Lipinski definition) is 3. The predicted molar refractivity (Wildman–Crippen MR) is 111 cm³/mol. The summed E-state index contributed by atoms with van der Waals surface area (Å²) in [7, 11) is 0. The highest BCUT2D eigenvalue weighted by molar-refractivity contribution is 6.04. The highest BCUT2D eigenvalue weighted by Gasteiger charge is 2.19. The predicted octanol–water partition coefficient (Wildman–Crippen LogP) is 4.99. The van der Waals surface area contributed by atoms with Crippen LogP contribution in [0.1, 0.15) is 16.1 Å². The fourth-order valence-corrected chi connectivity index (χ4v) is 3.04. The van der Waals surface area contributed by atoms with Gasteiger partial charge in [-0.15, -0.1) is 0 Å². The Labute approximate surface area is 164 Å². The molecule has 0 N–H and O–H groups in total. The van der Waals surface area contributed by atoms with E-state index in [0.29, 0.717) is 12.2 Å². The molecule has 0 unspecified atom stereocenters. The van der Waals surface area contributed by atoms with Crippen LogP contribution in [0, 0.1) is 0 Å². The Morgan fingerprint density at radius 1 is 0.714 bits per heavy atom. The van der Waals surface area contributed by atoms with Crippen molar-refractivity contribution in [3.8, 4) is 11.1 Å². The van der Waals surface area contributed by atoms with Gasteiger partial charge in [0.05, 0.1) is 6.54 Å². The van der Waals surface area contributed by atoms with Crippen LogP contribution < -0.4 is 4.90 Å². The molecule has 4 aromatic rings. The highest BCUT2D eigenvalue weighted by atomic mass is 16.2. The van der Waals surface area contributed by atoms with Crippen molar-refractivity contribution in [2.75, 3.05) is 4.90 Å². The molecule has 0 fully saturated rings. The lowest BCUT2D eigenvalue weighted by atomic mass is 10.1. The first-order chi connectivity index (χ1) is 13.8. The number of carbonyl (C=O) groups excluding carboxylic acids is 1. The van der Waals surface area contributed by atoms with E-state index in [1.807, 2.05) is 60.7 Å². The fourth-order valence-electron chi connectivity index (χ4n) is 3.04. The Morgan fingerprint density at radius 2 is 1.39 bits per heavy atom. The molecule has 0 aliphatic heterocycles. The molecule has 2 aromatic heterocycles. The molecule has 0 bridgehead atoms. The van der Waals surface area contributed by atoms with Crippen LogP contribution in [0.5, 0.6) is 0 Å². The van der Waals surface area contributed by atoms with Gasteiger partial charge in [0.25, 0.3) is 5.91 Å². The molecule has 0 atom stereocenters. The molecule has 4 heteroatoms. The molecule has 136 valence electrons. The molecule has 0 aliphatic carbocycles. The molecular formula is C24H19N3O. The SMILES string of the molecule is O=C(c1ccccn1)N(Cc1ccncc1)c1ccc(-c2ccccc2)cc1. The van der Waals surface area contributed by atoms with Crippen molar-refractivity contribution in [3.05, 3.63) is 115 Å². The smallest absolute Gasteiger partial charge is 0.277 e. The summed E-state index contributed by atoms with van der Waals surface area (Å²) in [5.41, 5.74) is 4.51. The third-order valence-corrected chi connectivity index (χ3v) is 4.51. The van der Waals surface area contributed by atoms with Crippen molar-refractivity contribution < 1.29 is 4.79 Å². The van der Waals surface area contributed by atoms with E-state index in [1.54, 1.807) is 35.6 Å². The van der Waals surface area contributed by atoms with Gasteiger partial charge in [-0.05, 0) is 53.1 Å². The van der Waals surface area contributed by atoms with Crippen molar-refractivity contribution in [3.63, 3.8) is 0 Å². The van der Waals surface area contributed by atoms with E-state index in [4.69, 9.17) is 0 Å². The minimum Gasteiger partial charge on any atom is -0.303 e. The first-order valence-corrected chi connectivity index (χ1v) is 9.08. The summed E-state index contributed by atoms with van der Waals surface area (Å²) in [5, 5.41) is 0. The monoisotopic (exact) mass is 365 g/mol. The van der Waals surface area contributed by atoms with Crippen LogP contribution in [0.4, 0.5) is 5.69 Å². The number of benzene rings is 2. The summed E-state index contributed by atoms with van der Waals surface area (Å²) in [6.45, 7) is 0.447. The Kier molecular flexibility index (Phi) is 5.20. The largest absolute Gasteiger partial charge is 0.303 e. The topological polar surface area (TPSA) is 46.1 Å². The summed E-state index contributed by atoms with van der Waals surface area (Å²) in [5.74, 6) is -0.134. The number of aromatic nitrogens is 2. The maximum atomic E-state index is 13.2. The van der Waals surface area contributed by atoms with Crippen molar-refractivity contribution in [1.82, 2.24) is 9.97 Å². The van der Waals surface area contributed by atoms with Gasteiger partial charge >= 0.3 is 0 Å². The first-order valence-electron chi connectivity index (χ1n) is 9.08. The van der Waals surface area contributed by atoms with Crippen LogP contribution in [0.15, 0.2) is 104 Å². The van der Waals surface area contributed by atoms with Gasteiger partial charge in [0.15, 0.2) is 0 Å². The van der Waals surface area contributed by atoms with E-state index in [2.05, 4.69) is 22.1 Å². The van der Waals surface area contributed by atoms with Crippen LogP contribution in [0.2, 0.25) is 0 Å². The van der Waals surface area contributed by atoms with Crippen molar-refractivity contribution in [1.29, 1.82) is 0 Å². The molecular weight excluding hydrogens is 346 g/mol. The number of nitrogens with zero attached hydrogens (tertiary/aromatic N) is 3. The quantitative estimate of drug-likeness (QED) is 0.500. The number of anilines is 1. The maximum absolute atomic E-state index is 13.2. The third kappa shape index (κ3) is 3.96. The lowest BCUT2D eigenvalue weighted by Gasteiger charge is -2.23. The molecule has 0 saturated carbocycles. The van der Waals surface area contributed by atoms with Gasteiger partial charge in [-0.1, -0.05) is 48.5 Å². The average molecular weight is 365 g/mol. The Morgan fingerprint density at radius 3 is 2.07 bits per heavy atom. The molecule has 4 rings (SSSR count). The van der Waals surface area contributed by atoms with Gasteiger partial charge in [0.2, 0.25) is 0 Å². The summed E-state index contributed by atoms with van der Waals surface area (Å²) in [4.78, 5) is 23.2. The van der Waals surface area contributed by atoms with E-state index < -0.39 is 0 Å². The lowest BCUT2D eigenvalue weighted by molar-refractivity contribution is 0.0980. The van der Waals surface area contributed by atoms with Gasteiger partial charge in [-0.25, -0.2) is 0 Å². The molecule has 0 radical (unpaired) electrons. The Balaban J connectivity index is 1.67. The lowest BCUT2D eigenvalue weighted by Crippen LogP contribution is -2.31. The summed E-state index contributed by atoms with van der Waals surface area (Å²) < 4.78 is 0. The van der Waals surface area contributed by atoms with Gasteiger partial charge in [-0.2, -0.15) is 0 Å². The molecule has 4 nitrogen and oxygen atoms in total. The zero-order chi connectivity index (χ0) is 19.2. The molecule has 28 heavy (non-hydrogen) atoms. The number of amides is 1. The number of pyridine rings is 2. The number of carbonyl (C=O) groups is 1. The zero-order valence-electron chi connectivity index (χ0n) is 15.3. The van der Waals surface area contributed by atoms with E-state index in [-0.39, 0.29) is 5.91 Å². The average Bonchev–Trinajstić information content (AvgIpc) is 2.79. The molecule has 0 spiro atoms. The van der Waals surface area contributed by atoms with Crippen LogP contribution >= 0.6 is 0 Å². The summed E-state index contributed by atoms with van der Waals surface area (Å²) in [6.07, 6.45) is 5.10. The van der Waals surface area contributed by atoms with Gasteiger partial charge in [0.1, 0.15) is 5.69 Å². The van der Waals surface area contributed by atoms with Crippen molar-refractivity contribution in [2.45, 2.75) is 6.54 Å². The van der Waals surface area contributed by atoms with E-state index in [1.165, 1.54) is 0 Å². The van der Waals surface area contributed by atoms with Crippen molar-refractivity contribution >= 4 is 11.6 Å². The van der Waals surface area contributed by atoms with Gasteiger partial charge < -0.3 is 4.90 Å². The molecule has 2 heterocycles. The van der Waals surface area contributed by atoms with Crippen LogP contribution in [-0.2, 0) is 6.54 Å². The second kappa shape index (κ2) is 8.27.